The zero-order valence-corrected chi connectivity index (χ0v) is 19.1. The zero-order valence-electron chi connectivity index (χ0n) is 14.3. The average Bonchev–Trinajstić information content (AvgIpc) is 2.89. The Morgan fingerprint density at radius 2 is 1.65 bits per heavy atom. The van der Waals surface area contributed by atoms with E-state index >= 15 is 0 Å². The number of rotatable bonds is 5. The fourth-order valence-electron chi connectivity index (χ4n) is 3.24. The van der Waals surface area contributed by atoms with Gasteiger partial charge in [0.25, 0.3) is 0 Å². The molecule has 0 spiro atoms. The quantitative estimate of drug-likeness (QED) is 0.421. The molecule has 1 aliphatic rings. The number of hydrogen-bond donors (Lipinski definition) is 0. The molecule has 0 saturated heterocycles. The van der Waals surface area contributed by atoms with Crippen LogP contribution in [0.25, 0.3) is 0 Å². The molecule has 0 nitrogen and oxygen atoms in total. The first-order valence-corrected chi connectivity index (χ1v) is 11.2. The van der Waals surface area contributed by atoms with E-state index in [1.165, 1.54) is 18.9 Å². The van der Waals surface area contributed by atoms with Gasteiger partial charge in [-0.15, -0.1) is 0 Å². The number of benzene rings is 1. The summed E-state index contributed by atoms with van der Waals surface area (Å²) in [5, 5.41) is 3.34. The molecule has 1 aromatic carbocycles. The summed E-state index contributed by atoms with van der Waals surface area (Å²) in [6, 6.07) is 12.5. The summed E-state index contributed by atoms with van der Waals surface area (Å²) >= 11 is 2.35. The van der Waals surface area contributed by atoms with Crippen LogP contribution < -0.4 is 42.4 Å². The molecule has 5 heteroatoms. The van der Waals surface area contributed by atoms with E-state index in [1.54, 1.807) is 19.8 Å². The van der Waals surface area contributed by atoms with Gasteiger partial charge >= 0.3 is 137 Å². The van der Waals surface area contributed by atoms with Crippen LogP contribution in [0.5, 0.6) is 0 Å². The molecule has 2 atom stereocenters. The summed E-state index contributed by atoms with van der Waals surface area (Å²) in [4.78, 5) is 0. The second-order valence-electron chi connectivity index (χ2n) is 6.08. The summed E-state index contributed by atoms with van der Waals surface area (Å²) in [5.41, 5.74) is 1.66. The van der Waals surface area contributed by atoms with E-state index in [-0.39, 0.29) is 37.2 Å². The van der Waals surface area contributed by atoms with Gasteiger partial charge in [0.05, 0.1) is 0 Å². The summed E-state index contributed by atoms with van der Waals surface area (Å²) in [6.45, 7) is 9.64. The molecule has 0 heterocycles. The van der Waals surface area contributed by atoms with Crippen molar-refractivity contribution in [1.82, 2.24) is 0 Å². The predicted molar refractivity (Wildman–Crippen MR) is 87.4 cm³/mol. The SMILES string of the molecule is CCC(C)C1=CC[C]([Ti+3])=C1[Si](C)(CC)c1ccccc1.[Cl-].[Cl-].[Cl-]. The van der Waals surface area contributed by atoms with Gasteiger partial charge in [0.15, 0.2) is 0 Å². The Morgan fingerprint density at radius 3 is 2.13 bits per heavy atom. The van der Waals surface area contributed by atoms with Gasteiger partial charge in [0.2, 0.25) is 0 Å². The van der Waals surface area contributed by atoms with Crippen LogP contribution >= 0.6 is 0 Å². The second kappa shape index (κ2) is 11.2. The third-order valence-corrected chi connectivity index (χ3v) is 10.7. The molecular weight excluding hydrogens is 399 g/mol. The molecule has 0 N–H and O–H groups in total. The zero-order chi connectivity index (χ0) is 14.8. The minimum Gasteiger partial charge on any atom is -1.00 e. The predicted octanol–water partition coefficient (Wildman–Crippen LogP) is -4.28. The Morgan fingerprint density at radius 1 is 1.09 bits per heavy atom. The summed E-state index contributed by atoms with van der Waals surface area (Å²) in [7, 11) is -1.56. The number of allylic oxidation sites excluding steroid dienone is 4. The van der Waals surface area contributed by atoms with Crippen molar-refractivity contribution < 1.29 is 57.7 Å². The third-order valence-electron chi connectivity index (χ3n) is 4.93. The van der Waals surface area contributed by atoms with E-state index in [1.807, 2.05) is 0 Å². The minimum absolute atomic E-state index is 0. The Labute approximate surface area is 173 Å². The van der Waals surface area contributed by atoms with Crippen LogP contribution in [-0.2, 0) is 20.4 Å². The van der Waals surface area contributed by atoms with E-state index in [9.17, 15) is 0 Å². The first-order chi connectivity index (χ1) is 9.54. The molecule has 0 amide bonds. The fraction of sp³-hybridized carbons (Fsp3) is 0.444. The van der Waals surface area contributed by atoms with Crippen molar-refractivity contribution in [1.29, 1.82) is 0 Å². The summed E-state index contributed by atoms with van der Waals surface area (Å²) < 4.78 is 1.63. The van der Waals surface area contributed by atoms with Crippen molar-refractivity contribution in [3.63, 3.8) is 0 Å². The fourth-order valence-corrected chi connectivity index (χ4v) is 8.65. The standard InChI is InChI=1S/C18H25Si.3ClH.Ti/c1-5-15(3)17-13-10-14-18(17)19(4,6-2)16-11-8-7-9-12-16;;;;/h7-9,11-13,15H,5-6,10H2,1-4H3;3*1H;/q;;;;+3/p-3. The molecule has 0 aromatic heterocycles. The third kappa shape index (κ3) is 5.24. The van der Waals surface area contributed by atoms with Crippen LogP contribution in [-0.4, -0.2) is 8.07 Å². The van der Waals surface area contributed by atoms with E-state index < -0.39 is 8.07 Å². The summed E-state index contributed by atoms with van der Waals surface area (Å²) in [6.07, 6.45) is 4.92. The Kier molecular flexibility index (Phi) is 12.5. The maximum absolute atomic E-state index is 2.56. The van der Waals surface area contributed by atoms with Gasteiger partial charge in [0.1, 0.15) is 0 Å². The number of hydrogen-bond acceptors (Lipinski definition) is 0. The number of halogens is 3. The molecular formula is C18H25Cl3SiTi. The van der Waals surface area contributed by atoms with Crippen LogP contribution in [0.3, 0.4) is 0 Å². The van der Waals surface area contributed by atoms with E-state index in [2.05, 4.69) is 84.2 Å². The van der Waals surface area contributed by atoms with Crippen LogP contribution in [0, 0.1) is 5.92 Å². The Hall–Kier alpha value is 0.501. The van der Waals surface area contributed by atoms with Crippen LogP contribution in [0.2, 0.25) is 12.6 Å². The van der Waals surface area contributed by atoms with Crippen molar-refractivity contribution in [2.45, 2.75) is 46.2 Å². The van der Waals surface area contributed by atoms with E-state index in [4.69, 9.17) is 0 Å². The molecule has 2 rings (SSSR count). The molecule has 126 valence electrons. The van der Waals surface area contributed by atoms with Crippen molar-refractivity contribution >= 4 is 13.3 Å². The van der Waals surface area contributed by atoms with Gasteiger partial charge in [-0.05, 0) is 0 Å². The Balaban J connectivity index is 0. The molecule has 23 heavy (non-hydrogen) atoms. The van der Waals surface area contributed by atoms with Gasteiger partial charge < -0.3 is 37.2 Å². The van der Waals surface area contributed by atoms with Gasteiger partial charge in [-0.25, -0.2) is 0 Å². The normalized spacial score (nSPS) is 17.2. The monoisotopic (exact) mass is 422 g/mol. The smallest absolute Gasteiger partial charge is 1.00 e. The van der Waals surface area contributed by atoms with Crippen LogP contribution in [0.4, 0.5) is 0 Å². The first kappa shape index (κ1) is 25.7. The van der Waals surface area contributed by atoms with E-state index in [0.29, 0.717) is 5.92 Å². The van der Waals surface area contributed by atoms with Crippen LogP contribution in [0.1, 0.15) is 33.6 Å². The first-order valence-electron chi connectivity index (χ1n) is 7.75. The van der Waals surface area contributed by atoms with Crippen molar-refractivity contribution in [3.05, 3.63) is 51.1 Å². The second-order valence-corrected chi connectivity index (χ2v) is 11.5. The molecule has 1 aliphatic carbocycles. The van der Waals surface area contributed by atoms with E-state index in [0.717, 1.165) is 0 Å². The van der Waals surface area contributed by atoms with Gasteiger partial charge in [-0.2, -0.15) is 0 Å². The average molecular weight is 424 g/mol. The molecule has 2 unspecified atom stereocenters. The van der Waals surface area contributed by atoms with Gasteiger partial charge in [0, 0.05) is 0 Å². The van der Waals surface area contributed by atoms with Crippen LogP contribution in [0.15, 0.2) is 51.1 Å². The molecule has 0 radical (unpaired) electrons. The Bertz CT molecular complexity index is 542. The largest absolute Gasteiger partial charge is 1.00 e. The van der Waals surface area contributed by atoms with Crippen molar-refractivity contribution in [2.75, 3.05) is 0 Å². The van der Waals surface area contributed by atoms with Crippen molar-refractivity contribution in [2.24, 2.45) is 5.92 Å². The minimum atomic E-state index is -1.56. The topological polar surface area (TPSA) is 0 Å². The van der Waals surface area contributed by atoms with Crippen molar-refractivity contribution in [3.8, 4) is 0 Å². The maximum Gasteiger partial charge on any atom is -1.00 e. The molecule has 0 bridgehead atoms. The molecule has 0 saturated carbocycles. The molecule has 0 aliphatic heterocycles. The van der Waals surface area contributed by atoms with Gasteiger partial charge in [-0.3, -0.25) is 0 Å². The summed E-state index contributed by atoms with van der Waals surface area (Å²) in [5.74, 6) is 0.699. The molecule has 1 aromatic rings. The van der Waals surface area contributed by atoms with Gasteiger partial charge in [-0.1, -0.05) is 0 Å². The molecule has 0 fully saturated rings. The maximum atomic E-state index is 2.56.